The molecule has 0 aromatic heterocycles. The van der Waals surface area contributed by atoms with Crippen molar-refractivity contribution >= 4 is 6.21 Å². The maximum absolute atomic E-state index is 4.57. The van der Waals surface area contributed by atoms with Crippen LogP contribution in [-0.2, 0) is 0 Å². The molecule has 0 saturated heterocycles. The van der Waals surface area contributed by atoms with E-state index < -0.39 is 0 Å². The third-order valence-electron chi connectivity index (χ3n) is 4.33. The minimum atomic E-state index is 0.806. The molecule has 0 amide bonds. The van der Waals surface area contributed by atoms with E-state index in [9.17, 15) is 0 Å². The summed E-state index contributed by atoms with van der Waals surface area (Å²) in [5.74, 6) is 1.62. The zero-order valence-corrected chi connectivity index (χ0v) is 14.9. The lowest BCUT2D eigenvalue weighted by atomic mass is 9.83. The molecule has 1 heteroatoms. The molecule has 0 saturated carbocycles. The summed E-state index contributed by atoms with van der Waals surface area (Å²) in [4.78, 5) is 4.57. The van der Waals surface area contributed by atoms with E-state index >= 15 is 0 Å². The van der Waals surface area contributed by atoms with E-state index in [0.717, 1.165) is 30.4 Å². The monoisotopic (exact) mass is 289 g/mol. The number of allylic oxidation sites excluding steroid dienone is 3. The Morgan fingerprint density at radius 3 is 2.29 bits per heavy atom. The van der Waals surface area contributed by atoms with Crippen LogP contribution in [0.3, 0.4) is 0 Å². The standard InChI is InChI=1S/C20H35N/c1-7-12-17(6)19(13-8-2)14-15-20(11-5)21-16-18(9-3)10-4/h9,16-17,19H,5,7-8,10,12-15H2,1-4,6H3/b18-9-,21-16?. The zero-order valence-electron chi connectivity index (χ0n) is 14.9. The molecule has 0 N–H and O–H groups in total. The summed E-state index contributed by atoms with van der Waals surface area (Å²) in [5.41, 5.74) is 5.29. The second kappa shape index (κ2) is 12.7. The summed E-state index contributed by atoms with van der Waals surface area (Å²) < 4.78 is 0. The number of hydrogen-bond acceptors (Lipinski definition) is 1. The normalized spacial score (nSPS) is 15.0. The van der Waals surface area contributed by atoms with Gasteiger partial charge in [-0.3, -0.25) is 4.99 Å². The maximum Gasteiger partial charge on any atom is 0.0814 e. The number of nitrogens with zero attached hydrogens (tertiary/aromatic N) is 1. The molecule has 2 atom stereocenters. The predicted octanol–water partition coefficient (Wildman–Crippen LogP) is 6.72. The topological polar surface area (TPSA) is 12.4 Å². The van der Waals surface area contributed by atoms with Gasteiger partial charge in [0.05, 0.1) is 5.70 Å². The Kier molecular flexibility index (Phi) is 12.0. The van der Waals surface area contributed by atoms with E-state index in [2.05, 4.69) is 58.0 Å². The van der Waals surface area contributed by atoms with Gasteiger partial charge in [-0.2, -0.15) is 0 Å². The Morgan fingerprint density at radius 2 is 1.81 bits per heavy atom. The molecular formula is C20H35N. The van der Waals surface area contributed by atoms with Crippen molar-refractivity contribution < 1.29 is 0 Å². The Bertz CT molecular complexity index is 369. The van der Waals surface area contributed by atoms with Crippen LogP contribution in [-0.4, -0.2) is 6.21 Å². The molecule has 0 aliphatic carbocycles. The van der Waals surface area contributed by atoms with Crippen LogP contribution in [0, 0.1) is 11.8 Å². The Hall–Kier alpha value is -1.07. The molecule has 0 aromatic carbocycles. The number of aliphatic imine (C=N–C) groups is 1. The Morgan fingerprint density at radius 1 is 1.14 bits per heavy atom. The molecular weight excluding hydrogens is 254 g/mol. The largest absolute Gasteiger partial charge is 0.253 e. The quantitative estimate of drug-likeness (QED) is 0.296. The van der Waals surface area contributed by atoms with E-state index in [0.29, 0.717) is 0 Å². The van der Waals surface area contributed by atoms with Crippen LogP contribution in [0.15, 0.2) is 34.6 Å². The van der Waals surface area contributed by atoms with Crippen molar-refractivity contribution in [1.29, 1.82) is 0 Å². The molecule has 0 bridgehead atoms. The summed E-state index contributed by atoms with van der Waals surface area (Å²) in [6, 6.07) is 0. The van der Waals surface area contributed by atoms with Crippen LogP contribution in [0.4, 0.5) is 0 Å². The van der Waals surface area contributed by atoms with Gasteiger partial charge in [0, 0.05) is 6.21 Å². The highest BCUT2D eigenvalue weighted by Gasteiger charge is 2.16. The van der Waals surface area contributed by atoms with Crippen molar-refractivity contribution in [3.63, 3.8) is 0 Å². The lowest BCUT2D eigenvalue weighted by molar-refractivity contribution is 0.294. The molecule has 0 aromatic rings. The molecule has 0 aliphatic heterocycles. The minimum Gasteiger partial charge on any atom is -0.253 e. The molecule has 0 fully saturated rings. The van der Waals surface area contributed by atoms with Gasteiger partial charge in [-0.1, -0.05) is 66.0 Å². The van der Waals surface area contributed by atoms with Gasteiger partial charge in [0.25, 0.3) is 0 Å². The fourth-order valence-corrected chi connectivity index (χ4v) is 2.83. The first kappa shape index (κ1) is 19.9. The third kappa shape index (κ3) is 8.73. The maximum atomic E-state index is 4.57. The van der Waals surface area contributed by atoms with Gasteiger partial charge in [-0.25, -0.2) is 0 Å². The molecule has 0 spiro atoms. The van der Waals surface area contributed by atoms with Gasteiger partial charge in [0.15, 0.2) is 0 Å². The fraction of sp³-hybridized carbons (Fsp3) is 0.700. The van der Waals surface area contributed by atoms with Gasteiger partial charge in [0.2, 0.25) is 0 Å². The van der Waals surface area contributed by atoms with Crippen molar-refractivity contribution in [2.75, 3.05) is 0 Å². The highest BCUT2D eigenvalue weighted by atomic mass is 14.7. The molecule has 21 heavy (non-hydrogen) atoms. The van der Waals surface area contributed by atoms with Crippen molar-refractivity contribution in [2.45, 2.75) is 79.6 Å². The Balaban J connectivity index is 4.57. The van der Waals surface area contributed by atoms with Crippen LogP contribution in [0.5, 0.6) is 0 Å². The van der Waals surface area contributed by atoms with Gasteiger partial charge >= 0.3 is 0 Å². The zero-order chi connectivity index (χ0) is 16.1. The van der Waals surface area contributed by atoms with Crippen molar-refractivity contribution in [1.82, 2.24) is 0 Å². The molecule has 0 rings (SSSR count). The lowest BCUT2D eigenvalue weighted by Crippen LogP contribution is -2.11. The summed E-state index contributed by atoms with van der Waals surface area (Å²) in [7, 11) is 0. The van der Waals surface area contributed by atoms with Gasteiger partial charge in [-0.15, -0.1) is 5.73 Å². The first-order chi connectivity index (χ1) is 10.1. The van der Waals surface area contributed by atoms with Crippen molar-refractivity contribution in [2.24, 2.45) is 16.8 Å². The van der Waals surface area contributed by atoms with E-state index in [1.54, 1.807) is 0 Å². The molecule has 0 radical (unpaired) electrons. The molecule has 120 valence electrons. The number of rotatable bonds is 11. The molecule has 0 heterocycles. The van der Waals surface area contributed by atoms with Crippen LogP contribution >= 0.6 is 0 Å². The summed E-state index contributed by atoms with van der Waals surface area (Å²) in [6.45, 7) is 15.0. The second-order valence-corrected chi connectivity index (χ2v) is 5.95. The summed E-state index contributed by atoms with van der Waals surface area (Å²) >= 11 is 0. The third-order valence-corrected chi connectivity index (χ3v) is 4.33. The number of hydrogen-bond donors (Lipinski definition) is 0. The van der Waals surface area contributed by atoms with Crippen LogP contribution in [0.2, 0.25) is 0 Å². The lowest BCUT2D eigenvalue weighted by Gasteiger charge is -2.23. The van der Waals surface area contributed by atoms with Crippen molar-refractivity contribution in [3.8, 4) is 0 Å². The fourth-order valence-electron chi connectivity index (χ4n) is 2.83. The Labute approximate surface area is 132 Å². The van der Waals surface area contributed by atoms with Gasteiger partial charge < -0.3 is 0 Å². The van der Waals surface area contributed by atoms with Gasteiger partial charge in [0.1, 0.15) is 0 Å². The predicted molar refractivity (Wildman–Crippen MR) is 96.9 cm³/mol. The van der Waals surface area contributed by atoms with Crippen molar-refractivity contribution in [3.05, 3.63) is 29.7 Å². The van der Waals surface area contributed by atoms with Crippen LogP contribution in [0.1, 0.15) is 79.6 Å². The second-order valence-electron chi connectivity index (χ2n) is 5.95. The van der Waals surface area contributed by atoms with E-state index in [1.807, 2.05) is 6.21 Å². The first-order valence-electron chi connectivity index (χ1n) is 8.70. The molecule has 1 nitrogen and oxygen atoms in total. The SMILES string of the molecule is C=C=C(CCC(CCC)C(C)CCC)N=C/C(=C\C)CC. The molecule has 2 unspecified atom stereocenters. The first-order valence-corrected chi connectivity index (χ1v) is 8.70. The summed E-state index contributed by atoms with van der Waals surface area (Å²) in [5, 5.41) is 0. The van der Waals surface area contributed by atoms with Gasteiger partial charge in [-0.05, 0) is 43.6 Å². The van der Waals surface area contributed by atoms with Crippen LogP contribution in [0.25, 0.3) is 0 Å². The molecule has 0 aliphatic rings. The van der Waals surface area contributed by atoms with E-state index in [1.165, 1.54) is 37.7 Å². The minimum absolute atomic E-state index is 0.806. The highest BCUT2D eigenvalue weighted by Crippen LogP contribution is 2.28. The highest BCUT2D eigenvalue weighted by molar-refractivity contribution is 5.79. The van der Waals surface area contributed by atoms with E-state index in [-0.39, 0.29) is 0 Å². The smallest absolute Gasteiger partial charge is 0.0814 e. The average Bonchev–Trinajstić information content (AvgIpc) is 2.50. The average molecular weight is 290 g/mol. The van der Waals surface area contributed by atoms with E-state index in [4.69, 9.17) is 0 Å². The van der Waals surface area contributed by atoms with Crippen LogP contribution < -0.4 is 0 Å². The summed E-state index contributed by atoms with van der Waals surface area (Å²) in [6.07, 6.45) is 12.5.